The Labute approximate surface area is 100 Å². The molecule has 0 aliphatic heterocycles. The molecule has 16 heavy (non-hydrogen) atoms. The second-order valence-electron chi connectivity index (χ2n) is 4.07. The van der Waals surface area contributed by atoms with Crippen LogP contribution in [-0.2, 0) is 6.42 Å². The Kier molecular flexibility index (Phi) is 3.34. The van der Waals surface area contributed by atoms with E-state index in [9.17, 15) is 0 Å². The second kappa shape index (κ2) is 4.74. The lowest BCUT2D eigenvalue weighted by molar-refractivity contribution is 0.893. The summed E-state index contributed by atoms with van der Waals surface area (Å²) in [7, 11) is 0. The highest BCUT2D eigenvalue weighted by molar-refractivity contribution is 7.13. The lowest BCUT2D eigenvalue weighted by atomic mass is 10.2. The molecule has 2 aromatic rings. The fourth-order valence-electron chi connectivity index (χ4n) is 1.73. The van der Waals surface area contributed by atoms with Crippen molar-refractivity contribution >= 4 is 11.3 Å². The van der Waals surface area contributed by atoms with Crippen LogP contribution >= 0.6 is 11.3 Å². The van der Waals surface area contributed by atoms with Gasteiger partial charge in [0.05, 0.1) is 5.69 Å². The van der Waals surface area contributed by atoms with E-state index in [1.54, 1.807) is 11.3 Å². The fraction of sp³-hybridized carbons (Fsp3) is 0.385. The molecule has 84 valence electrons. The summed E-state index contributed by atoms with van der Waals surface area (Å²) in [5, 5.41) is 3.18. The minimum absolute atomic E-state index is 1.03. The summed E-state index contributed by atoms with van der Waals surface area (Å²) in [4.78, 5) is 9.09. The van der Waals surface area contributed by atoms with Crippen LogP contribution in [0, 0.1) is 13.8 Å². The van der Waals surface area contributed by atoms with E-state index < -0.39 is 0 Å². The monoisotopic (exact) mass is 232 g/mol. The first-order chi connectivity index (χ1) is 7.70. The van der Waals surface area contributed by atoms with Crippen LogP contribution in [0.3, 0.4) is 0 Å². The summed E-state index contributed by atoms with van der Waals surface area (Å²) in [5.74, 6) is 0. The Morgan fingerprint density at radius 1 is 1.31 bits per heavy atom. The molecule has 2 rings (SSSR count). The Balaban J connectivity index is 2.35. The third kappa shape index (κ3) is 2.30. The van der Waals surface area contributed by atoms with Crippen molar-refractivity contribution in [2.45, 2.75) is 33.6 Å². The number of nitrogens with zero attached hydrogens (tertiary/aromatic N) is 2. The number of rotatable bonds is 3. The van der Waals surface area contributed by atoms with Gasteiger partial charge >= 0.3 is 0 Å². The Morgan fingerprint density at radius 2 is 2.12 bits per heavy atom. The SMILES string of the molecule is CCCc1csc(-c2ncc(C)cc2C)n1. The molecular weight excluding hydrogens is 216 g/mol. The van der Waals surface area contributed by atoms with Crippen molar-refractivity contribution in [3.8, 4) is 10.7 Å². The smallest absolute Gasteiger partial charge is 0.142 e. The average molecular weight is 232 g/mol. The zero-order valence-electron chi connectivity index (χ0n) is 9.95. The molecule has 0 aromatic carbocycles. The van der Waals surface area contributed by atoms with Gasteiger partial charge < -0.3 is 0 Å². The molecule has 3 heteroatoms. The first-order valence-electron chi connectivity index (χ1n) is 5.58. The molecule has 2 heterocycles. The zero-order valence-corrected chi connectivity index (χ0v) is 10.8. The summed E-state index contributed by atoms with van der Waals surface area (Å²) in [6.45, 7) is 6.33. The Morgan fingerprint density at radius 3 is 2.81 bits per heavy atom. The third-order valence-corrected chi connectivity index (χ3v) is 3.37. The molecule has 0 bridgehead atoms. The van der Waals surface area contributed by atoms with E-state index in [0.717, 1.165) is 23.5 Å². The van der Waals surface area contributed by atoms with Gasteiger partial charge in [-0.25, -0.2) is 4.98 Å². The number of hydrogen-bond acceptors (Lipinski definition) is 3. The zero-order chi connectivity index (χ0) is 11.5. The predicted molar refractivity (Wildman–Crippen MR) is 68.8 cm³/mol. The molecule has 0 spiro atoms. The molecule has 0 aliphatic carbocycles. The van der Waals surface area contributed by atoms with Crippen molar-refractivity contribution in [1.29, 1.82) is 0 Å². The Bertz CT molecular complexity index is 488. The molecular formula is C13H16N2S. The van der Waals surface area contributed by atoms with Crippen LogP contribution in [0.4, 0.5) is 0 Å². The standard InChI is InChI=1S/C13H16N2S/c1-4-5-11-8-16-13(15-11)12-10(3)6-9(2)7-14-12/h6-8H,4-5H2,1-3H3. The van der Waals surface area contributed by atoms with Gasteiger partial charge in [-0.3, -0.25) is 4.98 Å². The quantitative estimate of drug-likeness (QED) is 0.805. The van der Waals surface area contributed by atoms with Crippen molar-refractivity contribution in [3.63, 3.8) is 0 Å². The highest BCUT2D eigenvalue weighted by Gasteiger charge is 2.08. The maximum Gasteiger partial charge on any atom is 0.142 e. The van der Waals surface area contributed by atoms with Crippen LogP contribution in [0.25, 0.3) is 10.7 Å². The fourth-order valence-corrected chi connectivity index (χ4v) is 2.64. The normalized spacial score (nSPS) is 10.7. The molecule has 2 aromatic heterocycles. The molecule has 0 atom stereocenters. The number of hydrogen-bond donors (Lipinski definition) is 0. The molecule has 0 fully saturated rings. The Hall–Kier alpha value is -1.22. The minimum atomic E-state index is 1.03. The minimum Gasteiger partial charge on any atom is -0.253 e. The summed E-state index contributed by atoms with van der Waals surface area (Å²) in [6, 6.07) is 2.16. The van der Waals surface area contributed by atoms with E-state index in [0.29, 0.717) is 0 Å². The van der Waals surface area contributed by atoms with Crippen LogP contribution in [0.1, 0.15) is 30.2 Å². The summed E-state index contributed by atoms with van der Waals surface area (Å²) in [6.07, 6.45) is 4.11. The van der Waals surface area contributed by atoms with Crippen LogP contribution in [0.2, 0.25) is 0 Å². The van der Waals surface area contributed by atoms with E-state index >= 15 is 0 Å². The number of aryl methyl sites for hydroxylation is 3. The molecule has 0 saturated heterocycles. The first-order valence-corrected chi connectivity index (χ1v) is 6.46. The van der Waals surface area contributed by atoms with Gasteiger partial charge in [0.15, 0.2) is 0 Å². The van der Waals surface area contributed by atoms with E-state index in [1.165, 1.54) is 16.8 Å². The lowest BCUT2D eigenvalue weighted by Gasteiger charge is -2.01. The van der Waals surface area contributed by atoms with Gasteiger partial charge in [-0.05, 0) is 31.4 Å². The van der Waals surface area contributed by atoms with Gasteiger partial charge in [0.25, 0.3) is 0 Å². The van der Waals surface area contributed by atoms with E-state index in [2.05, 4.69) is 42.2 Å². The predicted octanol–water partition coefficient (Wildman–Crippen LogP) is 3.77. The van der Waals surface area contributed by atoms with Crippen LogP contribution in [0.5, 0.6) is 0 Å². The number of thiazole rings is 1. The van der Waals surface area contributed by atoms with Crippen molar-refractivity contribution in [2.24, 2.45) is 0 Å². The number of pyridine rings is 1. The van der Waals surface area contributed by atoms with Gasteiger partial charge in [0.2, 0.25) is 0 Å². The maximum atomic E-state index is 4.62. The van der Waals surface area contributed by atoms with Crippen molar-refractivity contribution in [1.82, 2.24) is 9.97 Å². The van der Waals surface area contributed by atoms with E-state index in [1.807, 2.05) is 6.20 Å². The lowest BCUT2D eigenvalue weighted by Crippen LogP contribution is -1.90. The third-order valence-electron chi connectivity index (χ3n) is 2.48. The van der Waals surface area contributed by atoms with E-state index in [4.69, 9.17) is 0 Å². The molecule has 0 saturated carbocycles. The highest BCUT2D eigenvalue weighted by Crippen LogP contribution is 2.25. The maximum absolute atomic E-state index is 4.62. The summed E-state index contributed by atoms with van der Waals surface area (Å²) < 4.78 is 0. The van der Waals surface area contributed by atoms with Gasteiger partial charge in [0, 0.05) is 11.6 Å². The molecule has 0 unspecified atom stereocenters. The first kappa shape index (κ1) is 11.3. The van der Waals surface area contributed by atoms with Gasteiger partial charge in [0.1, 0.15) is 10.7 Å². The van der Waals surface area contributed by atoms with Crippen molar-refractivity contribution < 1.29 is 0 Å². The van der Waals surface area contributed by atoms with Gasteiger partial charge in [-0.1, -0.05) is 19.4 Å². The van der Waals surface area contributed by atoms with Crippen LogP contribution < -0.4 is 0 Å². The van der Waals surface area contributed by atoms with E-state index in [-0.39, 0.29) is 0 Å². The average Bonchev–Trinajstić information content (AvgIpc) is 2.67. The number of aromatic nitrogens is 2. The van der Waals surface area contributed by atoms with Crippen LogP contribution in [0.15, 0.2) is 17.6 Å². The molecule has 2 nitrogen and oxygen atoms in total. The largest absolute Gasteiger partial charge is 0.253 e. The molecule has 0 N–H and O–H groups in total. The van der Waals surface area contributed by atoms with Crippen molar-refractivity contribution in [2.75, 3.05) is 0 Å². The molecule has 0 aliphatic rings. The summed E-state index contributed by atoms with van der Waals surface area (Å²) in [5.41, 5.74) is 4.62. The summed E-state index contributed by atoms with van der Waals surface area (Å²) >= 11 is 1.69. The van der Waals surface area contributed by atoms with Crippen molar-refractivity contribution in [3.05, 3.63) is 34.5 Å². The van der Waals surface area contributed by atoms with Gasteiger partial charge in [-0.2, -0.15) is 0 Å². The van der Waals surface area contributed by atoms with Gasteiger partial charge in [-0.15, -0.1) is 11.3 Å². The second-order valence-corrected chi connectivity index (χ2v) is 4.93. The van der Waals surface area contributed by atoms with Crippen LogP contribution in [-0.4, -0.2) is 9.97 Å². The molecule has 0 amide bonds. The molecule has 0 radical (unpaired) electrons. The topological polar surface area (TPSA) is 25.8 Å². The highest BCUT2D eigenvalue weighted by atomic mass is 32.1.